The fourth-order valence-electron chi connectivity index (χ4n) is 2.68. The van der Waals surface area contributed by atoms with Gasteiger partial charge in [0.05, 0.1) is 28.8 Å². The molecule has 1 N–H and O–H groups in total. The van der Waals surface area contributed by atoms with Crippen molar-refractivity contribution in [2.24, 2.45) is 5.92 Å². The summed E-state index contributed by atoms with van der Waals surface area (Å²) in [6.45, 7) is 3.52. The lowest BCUT2D eigenvalue weighted by atomic mass is 10.1. The average Bonchev–Trinajstić information content (AvgIpc) is 3.28. The van der Waals surface area contributed by atoms with Gasteiger partial charge in [0.2, 0.25) is 0 Å². The third kappa shape index (κ3) is 4.33. The van der Waals surface area contributed by atoms with Gasteiger partial charge in [0.25, 0.3) is 0 Å². The van der Waals surface area contributed by atoms with Gasteiger partial charge in [-0.3, -0.25) is 4.90 Å². The zero-order chi connectivity index (χ0) is 15.4. The van der Waals surface area contributed by atoms with E-state index in [0.717, 1.165) is 18.7 Å². The van der Waals surface area contributed by atoms with Crippen molar-refractivity contribution in [3.8, 4) is 0 Å². The van der Waals surface area contributed by atoms with Crippen LogP contribution in [0.3, 0.4) is 0 Å². The Bertz CT molecular complexity index is 466. The molecule has 3 nitrogen and oxygen atoms in total. The fourth-order valence-corrected chi connectivity index (χ4v) is 3.12. The van der Waals surface area contributed by atoms with Crippen LogP contribution in [0.5, 0.6) is 0 Å². The molecule has 0 aromatic heterocycles. The number of likely N-dealkylation sites (N-methyl/N-ethyl adjacent to an activating group) is 1. The molecule has 0 spiro atoms. The number of rotatable bonds is 8. The van der Waals surface area contributed by atoms with E-state index in [1.807, 2.05) is 26.1 Å². The number of hydrogen-bond donors (Lipinski definition) is 1. The van der Waals surface area contributed by atoms with Crippen LogP contribution in [-0.2, 0) is 4.74 Å². The molecule has 118 valence electrons. The van der Waals surface area contributed by atoms with Gasteiger partial charge in [-0.05, 0) is 44.4 Å². The van der Waals surface area contributed by atoms with Gasteiger partial charge in [-0.2, -0.15) is 0 Å². The predicted molar refractivity (Wildman–Crippen MR) is 87.1 cm³/mol. The van der Waals surface area contributed by atoms with Crippen LogP contribution in [0.1, 0.15) is 31.4 Å². The van der Waals surface area contributed by atoms with E-state index < -0.39 is 0 Å². The smallest absolute Gasteiger partial charge is 0.0730 e. The maximum absolute atomic E-state index is 9.78. The summed E-state index contributed by atoms with van der Waals surface area (Å²) in [6, 6.07) is 5.37. The molecule has 0 radical (unpaired) electrons. The van der Waals surface area contributed by atoms with E-state index in [4.69, 9.17) is 27.9 Å². The van der Waals surface area contributed by atoms with Crippen molar-refractivity contribution in [2.45, 2.75) is 31.9 Å². The summed E-state index contributed by atoms with van der Waals surface area (Å²) in [5.41, 5.74) is 0.861. The van der Waals surface area contributed by atoms with Crippen molar-refractivity contribution in [2.75, 3.05) is 26.8 Å². The lowest BCUT2D eigenvalue weighted by Crippen LogP contribution is -2.36. The van der Waals surface area contributed by atoms with Gasteiger partial charge in [0.15, 0.2) is 0 Å². The first kappa shape index (κ1) is 17.0. The molecule has 5 heteroatoms. The summed E-state index contributed by atoms with van der Waals surface area (Å²) >= 11 is 12.4. The first-order chi connectivity index (χ1) is 10.1. The van der Waals surface area contributed by atoms with Crippen molar-refractivity contribution in [3.05, 3.63) is 33.8 Å². The van der Waals surface area contributed by atoms with E-state index >= 15 is 0 Å². The van der Waals surface area contributed by atoms with Crippen molar-refractivity contribution in [1.82, 2.24) is 4.90 Å². The molecule has 0 saturated heterocycles. The van der Waals surface area contributed by atoms with Crippen LogP contribution in [0.25, 0.3) is 0 Å². The molecule has 2 rings (SSSR count). The van der Waals surface area contributed by atoms with Crippen LogP contribution in [0, 0.1) is 5.92 Å². The quantitative estimate of drug-likeness (QED) is 0.786. The lowest BCUT2D eigenvalue weighted by molar-refractivity contribution is 0.00929. The van der Waals surface area contributed by atoms with Crippen molar-refractivity contribution in [1.29, 1.82) is 0 Å². The third-order valence-electron chi connectivity index (χ3n) is 4.04. The summed E-state index contributed by atoms with van der Waals surface area (Å²) in [5.74, 6) is 0.654. The predicted octanol–water partition coefficient (Wildman–Crippen LogP) is 3.77. The van der Waals surface area contributed by atoms with Gasteiger partial charge in [0.1, 0.15) is 0 Å². The van der Waals surface area contributed by atoms with E-state index in [1.165, 1.54) is 12.8 Å². The second-order valence-corrected chi connectivity index (χ2v) is 6.40. The first-order valence-corrected chi connectivity index (χ1v) is 8.20. The second kappa shape index (κ2) is 7.80. The standard InChI is InChI=1S/C16H23Cl2NO2/c1-3-21-15(11-7-8-11)9-19(2)14(10-20)12-5-4-6-13(17)16(12)18/h4-6,11,14-15,20H,3,7-10H2,1-2H3. The molecule has 0 heterocycles. The Morgan fingerprint density at radius 1 is 1.38 bits per heavy atom. The molecular formula is C16H23Cl2NO2. The van der Waals surface area contributed by atoms with Gasteiger partial charge in [-0.1, -0.05) is 35.3 Å². The first-order valence-electron chi connectivity index (χ1n) is 7.45. The molecule has 2 atom stereocenters. The number of nitrogens with zero attached hydrogens (tertiary/aromatic N) is 1. The topological polar surface area (TPSA) is 32.7 Å². The highest BCUT2D eigenvalue weighted by atomic mass is 35.5. The van der Waals surface area contributed by atoms with Crippen molar-refractivity contribution >= 4 is 23.2 Å². The third-order valence-corrected chi connectivity index (χ3v) is 4.88. The van der Waals surface area contributed by atoms with E-state index in [1.54, 1.807) is 6.07 Å². The van der Waals surface area contributed by atoms with Gasteiger partial charge < -0.3 is 9.84 Å². The highest BCUT2D eigenvalue weighted by molar-refractivity contribution is 6.42. The lowest BCUT2D eigenvalue weighted by Gasteiger charge is -2.31. The highest BCUT2D eigenvalue weighted by Gasteiger charge is 2.34. The summed E-state index contributed by atoms with van der Waals surface area (Å²) in [7, 11) is 1.99. The minimum absolute atomic E-state index is 0.0000733. The Morgan fingerprint density at radius 2 is 2.10 bits per heavy atom. The number of halogens is 2. The van der Waals surface area contributed by atoms with Crippen molar-refractivity contribution < 1.29 is 9.84 Å². The molecule has 2 unspecified atom stereocenters. The monoisotopic (exact) mass is 331 g/mol. The molecule has 0 amide bonds. The highest BCUT2D eigenvalue weighted by Crippen LogP contribution is 2.36. The summed E-state index contributed by atoms with van der Waals surface area (Å²) in [5, 5.41) is 10.8. The zero-order valence-electron chi connectivity index (χ0n) is 12.6. The number of benzene rings is 1. The van der Waals surface area contributed by atoms with E-state index in [2.05, 4.69) is 4.90 Å². The van der Waals surface area contributed by atoms with E-state index in [-0.39, 0.29) is 18.8 Å². The molecule has 1 aromatic rings. The molecule has 1 aromatic carbocycles. The molecule has 1 aliphatic carbocycles. The van der Waals surface area contributed by atoms with E-state index in [0.29, 0.717) is 16.0 Å². The van der Waals surface area contributed by atoms with Crippen LogP contribution < -0.4 is 0 Å². The minimum Gasteiger partial charge on any atom is -0.394 e. The molecule has 1 aliphatic rings. The number of ether oxygens (including phenoxy) is 1. The van der Waals surface area contributed by atoms with Crippen LogP contribution in [0.4, 0.5) is 0 Å². The van der Waals surface area contributed by atoms with Gasteiger partial charge >= 0.3 is 0 Å². The maximum Gasteiger partial charge on any atom is 0.0730 e. The Balaban J connectivity index is 2.10. The summed E-state index contributed by atoms with van der Waals surface area (Å²) in [6.07, 6.45) is 2.70. The zero-order valence-corrected chi connectivity index (χ0v) is 14.1. The summed E-state index contributed by atoms with van der Waals surface area (Å²) < 4.78 is 5.84. The Kier molecular flexibility index (Phi) is 6.33. The van der Waals surface area contributed by atoms with Crippen molar-refractivity contribution in [3.63, 3.8) is 0 Å². The largest absolute Gasteiger partial charge is 0.394 e. The molecule has 1 saturated carbocycles. The molecule has 21 heavy (non-hydrogen) atoms. The Morgan fingerprint density at radius 3 is 2.67 bits per heavy atom. The van der Waals surface area contributed by atoms with Gasteiger partial charge in [0, 0.05) is 13.2 Å². The van der Waals surface area contributed by atoms with Crippen LogP contribution in [0.2, 0.25) is 10.0 Å². The van der Waals surface area contributed by atoms with Crippen LogP contribution in [0.15, 0.2) is 18.2 Å². The Labute approximate surface area is 136 Å². The Hall–Kier alpha value is -0.320. The van der Waals surface area contributed by atoms with Gasteiger partial charge in [-0.25, -0.2) is 0 Å². The SMILES string of the molecule is CCOC(CN(C)C(CO)c1cccc(Cl)c1Cl)C1CC1. The number of aliphatic hydroxyl groups is 1. The van der Waals surface area contributed by atoms with Gasteiger partial charge in [-0.15, -0.1) is 0 Å². The normalized spacial score (nSPS) is 18.0. The average molecular weight is 332 g/mol. The van der Waals surface area contributed by atoms with Crippen LogP contribution in [-0.4, -0.2) is 42.9 Å². The molecule has 0 aliphatic heterocycles. The number of hydrogen-bond acceptors (Lipinski definition) is 3. The minimum atomic E-state index is -0.169. The second-order valence-electron chi connectivity index (χ2n) is 5.61. The number of aliphatic hydroxyl groups excluding tert-OH is 1. The van der Waals surface area contributed by atoms with E-state index in [9.17, 15) is 5.11 Å². The van der Waals surface area contributed by atoms with Crippen LogP contribution >= 0.6 is 23.2 Å². The maximum atomic E-state index is 9.78. The summed E-state index contributed by atoms with van der Waals surface area (Å²) in [4.78, 5) is 2.11. The fraction of sp³-hybridized carbons (Fsp3) is 0.625. The molecule has 0 bridgehead atoms. The molecular weight excluding hydrogens is 309 g/mol. The molecule has 1 fully saturated rings.